The second-order valence-electron chi connectivity index (χ2n) is 3.46. The highest BCUT2D eigenvalue weighted by atomic mass is 79.9. The molecule has 0 aliphatic carbocycles. The molecule has 12 heavy (non-hydrogen) atoms. The predicted molar refractivity (Wildman–Crippen MR) is 53.1 cm³/mol. The van der Waals surface area contributed by atoms with Crippen LogP contribution in [0, 0.1) is 0 Å². The molecule has 0 atom stereocenters. The number of aromatic amines is 1. The fourth-order valence-electron chi connectivity index (χ4n) is 1.76. The van der Waals surface area contributed by atoms with Crippen molar-refractivity contribution in [2.24, 2.45) is 0 Å². The van der Waals surface area contributed by atoms with Gasteiger partial charge in [0, 0.05) is 12.2 Å². The fraction of sp³-hybridized carbons (Fsp3) is 0.556. The van der Waals surface area contributed by atoms with Crippen LogP contribution in [-0.4, -0.2) is 23.5 Å². The van der Waals surface area contributed by atoms with Crippen LogP contribution in [0.4, 0.5) is 0 Å². The minimum absolute atomic E-state index is 1.08. The summed E-state index contributed by atoms with van der Waals surface area (Å²) in [7, 11) is 2.18. The highest BCUT2D eigenvalue weighted by Crippen LogP contribution is 2.21. The van der Waals surface area contributed by atoms with Crippen LogP contribution in [0.3, 0.4) is 0 Å². The van der Waals surface area contributed by atoms with E-state index in [1.54, 1.807) is 0 Å². The standard InChI is InChI=1S/C9H13BrN2/c1-12-4-2-3-8-7(6-12)5-9(10)11-8/h5,11H,2-4,6H2,1H3. The Kier molecular flexibility index (Phi) is 2.24. The number of fused-ring (bicyclic) bond motifs is 1. The van der Waals surface area contributed by atoms with Gasteiger partial charge in [-0.3, -0.25) is 0 Å². The van der Waals surface area contributed by atoms with E-state index in [4.69, 9.17) is 0 Å². The second-order valence-corrected chi connectivity index (χ2v) is 4.32. The van der Waals surface area contributed by atoms with E-state index in [0.717, 1.165) is 11.1 Å². The average Bonchev–Trinajstić information content (AvgIpc) is 2.23. The van der Waals surface area contributed by atoms with Crippen molar-refractivity contribution < 1.29 is 0 Å². The van der Waals surface area contributed by atoms with E-state index in [0.29, 0.717) is 0 Å². The highest BCUT2D eigenvalue weighted by Gasteiger charge is 2.12. The van der Waals surface area contributed by atoms with Gasteiger partial charge in [-0.05, 0) is 54.0 Å². The Balaban J connectivity index is 2.30. The molecule has 1 N–H and O–H groups in total. The van der Waals surface area contributed by atoms with Crippen molar-refractivity contribution in [2.75, 3.05) is 13.6 Å². The van der Waals surface area contributed by atoms with Gasteiger partial charge in [0.1, 0.15) is 0 Å². The molecule has 0 saturated heterocycles. The van der Waals surface area contributed by atoms with Gasteiger partial charge in [-0.25, -0.2) is 0 Å². The number of aromatic nitrogens is 1. The van der Waals surface area contributed by atoms with Gasteiger partial charge in [0.25, 0.3) is 0 Å². The van der Waals surface area contributed by atoms with Gasteiger partial charge in [-0.15, -0.1) is 0 Å². The van der Waals surface area contributed by atoms with Crippen molar-refractivity contribution in [1.82, 2.24) is 9.88 Å². The second kappa shape index (κ2) is 3.23. The molecule has 0 fully saturated rings. The number of hydrogen-bond donors (Lipinski definition) is 1. The van der Waals surface area contributed by atoms with Crippen molar-refractivity contribution >= 4 is 15.9 Å². The predicted octanol–water partition coefficient (Wildman–Crippen LogP) is 2.16. The van der Waals surface area contributed by atoms with E-state index in [1.165, 1.54) is 30.6 Å². The molecule has 0 saturated carbocycles. The van der Waals surface area contributed by atoms with Gasteiger partial charge < -0.3 is 9.88 Å². The van der Waals surface area contributed by atoms with Gasteiger partial charge in [0.05, 0.1) is 4.60 Å². The molecule has 2 heterocycles. The Morgan fingerprint density at radius 3 is 3.25 bits per heavy atom. The minimum atomic E-state index is 1.08. The molecule has 1 aromatic heterocycles. The Labute approximate surface area is 81.1 Å². The van der Waals surface area contributed by atoms with Crippen LogP contribution in [-0.2, 0) is 13.0 Å². The first-order valence-electron chi connectivity index (χ1n) is 4.30. The largest absolute Gasteiger partial charge is 0.353 e. The molecule has 0 bridgehead atoms. The van der Waals surface area contributed by atoms with Crippen molar-refractivity contribution in [3.05, 3.63) is 21.9 Å². The molecule has 1 aromatic rings. The third-order valence-corrected chi connectivity index (χ3v) is 2.79. The number of halogens is 1. The fourth-order valence-corrected chi connectivity index (χ4v) is 2.28. The lowest BCUT2D eigenvalue weighted by molar-refractivity contribution is 0.332. The minimum Gasteiger partial charge on any atom is -0.353 e. The summed E-state index contributed by atoms with van der Waals surface area (Å²) in [4.78, 5) is 5.71. The Morgan fingerprint density at radius 1 is 1.58 bits per heavy atom. The molecule has 0 amide bonds. The molecule has 0 aromatic carbocycles. The summed E-state index contributed by atoms with van der Waals surface area (Å²) in [5, 5.41) is 0. The third kappa shape index (κ3) is 1.57. The van der Waals surface area contributed by atoms with E-state index in [1.807, 2.05) is 0 Å². The monoisotopic (exact) mass is 228 g/mol. The number of rotatable bonds is 0. The summed E-state index contributed by atoms with van der Waals surface area (Å²) in [5.74, 6) is 0. The first kappa shape index (κ1) is 8.32. The van der Waals surface area contributed by atoms with Gasteiger partial charge in [-0.2, -0.15) is 0 Å². The first-order chi connectivity index (χ1) is 5.75. The lowest BCUT2D eigenvalue weighted by Gasteiger charge is -2.11. The summed E-state index contributed by atoms with van der Waals surface area (Å²) in [6.45, 7) is 2.29. The van der Waals surface area contributed by atoms with Gasteiger partial charge in [0.2, 0.25) is 0 Å². The zero-order valence-electron chi connectivity index (χ0n) is 7.23. The van der Waals surface area contributed by atoms with E-state index in [2.05, 4.69) is 38.9 Å². The molecule has 2 nitrogen and oxygen atoms in total. The Bertz CT molecular complexity index is 280. The van der Waals surface area contributed by atoms with Gasteiger partial charge in [-0.1, -0.05) is 0 Å². The number of nitrogens with one attached hydrogen (secondary N) is 1. The highest BCUT2D eigenvalue weighted by molar-refractivity contribution is 9.10. The topological polar surface area (TPSA) is 19.0 Å². The number of hydrogen-bond acceptors (Lipinski definition) is 1. The van der Waals surface area contributed by atoms with Crippen molar-refractivity contribution in [3.63, 3.8) is 0 Å². The van der Waals surface area contributed by atoms with E-state index in [-0.39, 0.29) is 0 Å². The number of H-pyrrole nitrogens is 1. The molecule has 66 valence electrons. The van der Waals surface area contributed by atoms with E-state index in [9.17, 15) is 0 Å². The Hall–Kier alpha value is -0.280. The normalized spacial score (nSPS) is 18.8. The quantitative estimate of drug-likeness (QED) is 0.722. The summed E-state index contributed by atoms with van der Waals surface area (Å²) >= 11 is 3.46. The van der Waals surface area contributed by atoms with Gasteiger partial charge >= 0.3 is 0 Å². The van der Waals surface area contributed by atoms with Crippen LogP contribution in [0.2, 0.25) is 0 Å². The maximum atomic E-state index is 3.46. The lowest BCUT2D eigenvalue weighted by Crippen LogP contribution is -2.16. The van der Waals surface area contributed by atoms with E-state index < -0.39 is 0 Å². The first-order valence-corrected chi connectivity index (χ1v) is 5.10. The molecule has 1 aliphatic heterocycles. The summed E-state index contributed by atoms with van der Waals surface area (Å²) in [5.41, 5.74) is 2.85. The smallest absolute Gasteiger partial charge is 0.0825 e. The van der Waals surface area contributed by atoms with Gasteiger partial charge in [0.15, 0.2) is 0 Å². The average molecular weight is 229 g/mol. The SMILES string of the molecule is CN1CCCc2[nH]c(Br)cc2C1. The van der Waals surface area contributed by atoms with Crippen LogP contribution < -0.4 is 0 Å². The zero-order chi connectivity index (χ0) is 8.55. The Morgan fingerprint density at radius 2 is 2.42 bits per heavy atom. The number of nitrogens with zero attached hydrogens (tertiary/aromatic N) is 1. The van der Waals surface area contributed by atoms with Crippen LogP contribution in [0.1, 0.15) is 17.7 Å². The molecular formula is C9H13BrN2. The molecule has 0 radical (unpaired) electrons. The molecule has 0 unspecified atom stereocenters. The third-order valence-electron chi connectivity index (χ3n) is 2.37. The molecular weight excluding hydrogens is 216 g/mol. The lowest BCUT2D eigenvalue weighted by atomic mass is 10.2. The van der Waals surface area contributed by atoms with Crippen LogP contribution in [0.25, 0.3) is 0 Å². The number of aryl methyl sites for hydroxylation is 1. The zero-order valence-corrected chi connectivity index (χ0v) is 8.82. The van der Waals surface area contributed by atoms with Crippen LogP contribution >= 0.6 is 15.9 Å². The summed E-state index contributed by atoms with van der Waals surface area (Å²) in [6, 6.07) is 2.19. The molecule has 2 rings (SSSR count). The summed E-state index contributed by atoms with van der Waals surface area (Å²) < 4.78 is 1.11. The summed E-state index contributed by atoms with van der Waals surface area (Å²) in [6.07, 6.45) is 2.45. The maximum absolute atomic E-state index is 3.46. The van der Waals surface area contributed by atoms with E-state index >= 15 is 0 Å². The molecule has 3 heteroatoms. The molecule has 0 spiro atoms. The van der Waals surface area contributed by atoms with Crippen molar-refractivity contribution in [1.29, 1.82) is 0 Å². The van der Waals surface area contributed by atoms with Crippen molar-refractivity contribution in [3.8, 4) is 0 Å². The molecule has 1 aliphatic rings. The maximum Gasteiger partial charge on any atom is 0.0825 e. The van der Waals surface area contributed by atoms with Crippen LogP contribution in [0.5, 0.6) is 0 Å². The van der Waals surface area contributed by atoms with Crippen LogP contribution in [0.15, 0.2) is 10.7 Å². The van der Waals surface area contributed by atoms with Crippen molar-refractivity contribution in [2.45, 2.75) is 19.4 Å².